The summed E-state index contributed by atoms with van der Waals surface area (Å²) in [7, 11) is 1.38. The van der Waals surface area contributed by atoms with Gasteiger partial charge >= 0.3 is 11.9 Å². The number of pyridine rings is 2. The van der Waals surface area contributed by atoms with E-state index in [-0.39, 0.29) is 12.2 Å². The van der Waals surface area contributed by atoms with Crippen molar-refractivity contribution in [3.8, 4) is 0 Å². The molecule has 0 unspecified atom stereocenters. The van der Waals surface area contributed by atoms with E-state index >= 15 is 0 Å². The predicted molar refractivity (Wildman–Crippen MR) is 94.0 cm³/mol. The van der Waals surface area contributed by atoms with Crippen LogP contribution in [0.2, 0.25) is 0 Å². The zero-order chi connectivity index (χ0) is 20.0. The fourth-order valence-electron chi connectivity index (χ4n) is 2.64. The van der Waals surface area contributed by atoms with E-state index in [4.69, 9.17) is 18.9 Å². The third-order valence-corrected chi connectivity index (χ3v) is 4.03. The molecule has 1 aliphatic rings. The molecule has 0 saturated carbocycles. The molecule has 147 valence electrons. The van der Waals surface area contributed by atoms with Crippen LogP contribution in [0, 0.1) is 6.42 Å². The van der Waals surface area contributed by atoms with E-state index in [2.05, 4.69) is 9.97 Å². The Bertz CT molecular complexity index is 802. The molecule has 3 atom stereocenters. The molecule has 0 bridgehead atoms. The van der Waals surface area contributed by atoms with Crippen LogP contribution < -0.4 is 0 Å². The van der Waals surface area contributed by atoms with Crippen molar-refractivity contribution in [3.63, 3.8) is 0 Å². The molecule has 1 N–H and O–H groups in total. The van der Waals surface area contributed by atoms with Crippen molar-refractivity contribution < 1.29 is 33.6 Å². The number of carbonyl (C=O) groups is 2. The third kappa shape index (κ3) is 4.69. The van der Waals surface area contributed by atoms with Crippen LogP contribution in [0.15, 0.2) is 49.1 Å². The lowest BCUT2D eigenvalue weighted by Crippen LogP contribution is -2.45. The number of nitrogens with zero attached hydrogens (tertiary/aromatic N) is 2. The van der Waals surface area contributed by atoms with Gasteiger partial charge in [-0.15, -0.1) is 0 Å². The lowest BCUT2D eigenvalue weighted by atomic mass is 10.1. The normalized spacial score (nSPS) is 23.9. The van der Waals surface area contributed by atoms with Gasteiger partial charge < -0.3 is 24.1 Å². The molecule has 1 aliphatic heterocycles. The maximum atomic E-state index is 12.0. The van der Waals surface area contributed by atoms with Crippen LogP contribution in [0.5, 0.6) is 0 Å². The fraction of sp³-hybridized carbons (Fsp3) is 0.316. The highest BCUT2D eigenvalue weighted by molar-refractivity contribution is 5.89. The van der Waals surface area contributed by atoms with Crippen LogP contribution in [0.4, 0.5) is 0 Å². The first kappa shape index (κ1) is 19.9. The summed E-state index contributed by atoms with van der Waals surface area (Å²) < 4.78 is 21.0. The van der Waals surface area contributed by atoms with Gasteiger partial charge in [0.1, 0.15) is 25.4 Å². The second-order valence-electron chi connectivity index (χ2n) is 6.01. The molecule has 0 aliphatic carbocycles. The molecule has 0 spiro atoms. The molecule has 2 aromatic heterocycles. The number of carbonyl (C=O) groups excluding carboxylic acids is 2. The van der Waals surface area contributed by atoms with E-state index in [0.717, 1.165) is 0 Å². The van der Waals surface area contributed by atoms with E-state index in [1.165, 1.54) is 38.2 Å². The Morgan fingerprint density at radius 2 is 1.71 bits per heavy atom. The SMILES string of the molecule is CO[C@H]1[CH][C@@H](COC(=O)c2cccnc2)O[C@]1(O)COC(=O)c1cccnc1. The van der Waals surface area contributed by atoms with Gasteiger partial charge in [0.2, 0.25) is 5.79 Å². The maximum absolute atomic E-state index is 12.0. The van der Waals surface area contributed by atoms with Gasteiger partial charge in [0.15, 0.2) is 0 Å². The van der Waals surface area contributed by atoms with Gasteiger partial charge in [-0.3, -0.25) is 9.97 Å². The van der Waals surface area contributed by atoms with Gasteiger partial charge in [0.05, 0.1) is 11.1 Å². The lowest BCUT2D eigenvalue weighted by molar-refractivity contribution is -0.251. The number of methoxy groups -OCH3 is 1. The van der Waals surface area contributed by atoms with Crippen LogP contribution in [0.1, 0.15) is 20.7 Å². The first-order valence-corrected chi connectivity index (χ1v) is 8.44. The summed E-state index contributed by atoms with van der Waals surface area (Å²) in [6.07, 6.45) is 5.72. The molecule has 28 heavy (non-hydrogen) atoms. The first-order valence-electron chi connectivity index (χ1n) is 8.44. The van der Waals surface area contributed by atoms with Crippen molar-refractivity contribution in [1.82, 2.24) is 9.97 Å². The van der Waals surface area contributed by atoms with E-state index in [1.54, 1.807) is 24.4 Å². The van der Waals surface area contributed by atoms with Crippen LogP contribution in [-0.4, -0.2) is 65.3 Å². The van der Waals surface area contributed by atoms with Gasteiger partial charge in [-0.2, -0.15) is 0 Å². The van der Waals surface area contributed by atoms with Crippen molar-refractivity contribution in [3.05, 3.63) is 66.6 Å². The molecule has 3 rings (SSSR count). The van der Waals surface area contributed by atoms with E-state index in [0.29, 0.717) is 5.56 Å². The van der Waals surface area contributed by atoms with Gasteiger partial charge in [0.25, 0.3) is 0 Å². The van der Waals surface area contributed by atoms with Gasteiger partial charge in [0, 0.05) is 38.3 Å². The Labute approximate surface area is 161 Å². The molecule has 9 nitrogen and oxygen atoms in total. The smallest absolute Gasteiger partial charge is 0.339 e. The molecular weight excluding hydrogens is 368 g/mol. The van der Waals surface area contributed by atoms with Crippen molar-refractivity contribution in [2.24, 2.45) is 0 Å². The van der Waals surface area contributed by atoms with Crippen molar-refractivity contribution >= 4 is 11.9 Å². The number of hydrogen-bond donors (Lipinski definition) is 1. The van der Waals surface area contributed by atoms with Gasteiger partial charge in [-0.05, 0) is 24.3 Å². The third-order valence-electron chi connectivity index (χ3n) is 4.03. The minimum Gasteiger partial charge on any atom is -0.459 e. The predicted octanol–water partition coefficient (Wildman–Crippen LogP) is 0.797. The number of hydrogen-bond acceptors (Lipinski definition) is 9. The number of esters is 2. The van der Waals surface area contributed by atoms with Crippen LogP contribution in [0.3, 0.4) is 0 Å². The van der Waals surface area contributed by atoms with Gasteiger partial charge in [-0.1, -0.05) is 0 Å². The van der Waals surface area contributed by atoms with Crippen LogP contribution in [-0.2, 0) is 18.9 Å². The Balaban J connectivity index is 1.54. The zero-order valence-corrected chi connectivity index (χ0v) is 15.1. The highest BCUT2D eigenvalue weighted by atomic mass is 16.7. The fourth-order valence-corrected chi connectivity index (χ4v) is 2.64. The number of aromatic nitrogens is 2. The summed E-state index contributed by atoms with van der Waals surface area (Å²) >= 11 is 0. The highest BCUT2D eigenvalue weighted by Crippen LogP contribution is 2.31. The topological polar surface area (TPSA) is 117 Å². The molecule has 2 aromatic rings. The quantitative estimate of drug-likeness (QED) is 0.688. The Kier molecular flexibility index (Phi) is 6.30. The van der Waals surface area contributed by atoms with Gasteiger partial charge in [-0.25, -0.2) is 9.59 Å². The van der Waals surface area contributed by atoms with E-state index in [1.807, 2.05) is 0 Å². The Morgan fingerprint density at radius 3 is 2.25 bits per heavy atom. The number of aliphatic hydroxyl groups is 1. The molecule has 3 heterocycles. The second-order valence-corrected chi connectivity index (χ2v) is 6.01. The summed E-state index contributed by atoms with van der Waals surface area (Å²) in [5.74, 6) is -3.14. The highest BCUT2D eigenvalue weighted by Gasteiger charge is 2.50. The summed E-state index contributed by atoms with van der Waals surface area (Å²) in [6.45, 7) is -0.616. The summed E-state index contributed by atoms with van der Waals surface area (Å²) in [4.78, 5) is 31.7. The largest absolute Gasteiger partial charge is 0.459 e. The van der Waals surface area contributed by atoms with Crippen LogP contribution in [0.25, 0.3) is 0 Å². The minimum atomic E-state index is -1.90. The summed E-state index contributed by atoms with van der Waals surface area (Å²) in [5, 5.41) is 10.7. The number of ether oxygens (including phenoxy) is 4. The van der Waals surface area contributed by atoms with E-state index < -0.39 is 36.5 Å². The number of rotatable bonds is 7. The molecule has 1 fully saturated rings. The van der Waals surface area contributed by atoms with E-state index in [9.17, 15) is 14.7 Å². The molecule has 1 radical (unpaired) electrons. The Morgan fingerprint density at radius 1 is 1.11 bits per heavy atom. The van der Waals surface area contributed by atoms with Crippen molar-refractivity contribution in [1.29, 1.82) is 0 Å². The molecule has 0 aromatic carbocycles. The van der Waals surface area contributed by atoms with Crippen molar-refractivity contribution in [2.45, 2.75) is 18.0 Å². The Hall–Kier alpha value is -2.88. The average Bonchev–Trinajstić information content (AvgIpc) is 3.07. The maximum Gasteiger partial charge on any atom is 0.339 e. The van der Waals surface area contributed by atoms with Crippen molar-refractivity contribution in [2.75, 3.05) is 20.3 Å². The summed E-state index contributed by atoms with van der Waals surface area (Å²) in [6, 6.07) is 6.32. The molecule has 1 saturated heterocycles. The minimum absolute atomic E-state index is 0.146. The first-order chi connectivity index (χ1) is 13.5. The lowest BCUT2D eigenvalue weighted by Gasteiger charge is -2.27. The monoisotopic (exact) mass is 387 g/mol. The second kappa shape index (κ2) is 8.87. The summed E-state index contributed by atoms with van der Waals surface area (Å²) in [5.41, 5.74) is 0.536. The zero-order valence-electron chi connectivity index (χ0n) is 15.1. The standard InChI is InChI=1S/C19H19N2O7/c1-25-16-8-15(11-26-17(22)13-4-2-6-20-9-13)28-19(16,24)12-27-18(23)14-5-3-7-21-10-14/h2-10,15-16,24H,11-12H2,1H3/t15-,16-,19+/m0/s1. The molecule has 9 heteroatoms. The average molecular weight is 387 g/mol. The molecule has 0 amide bonds. The molecular formula is C19H19N2O7. The van der Waals surface area contributed by atoms with Crippen LogP contribution >= 0.6 is 0 Å².